The molecule has 0 aromatic heterocycles. The zero-order valence-corrected chi connectivity index (χ0v) is 8.27. The van der Waals surface area contributed by atoms with Crippen LogP contribution in [0.15, 0.2) is 18.2 Å². The molecule has 0 bridgehead atoms. The van der Waals surface area contributed by atoms with Crippen molar-refractivity contribution in [3.8, 4) is 11.5 Å². The van der Waals surface area contributed by atoms with Gasteiger partial charge in [0, 0.05) is 6.07 Å². The van der Waals surface area contributed by atoms with E-state index in [0.717, 1.165) is 12.0 Å². The lowest BCUT2D eigenvalue weighted by Crippen LogP contribution is -2.05. The van der Waals surface area contributed by atoms with Crippen molar-refractivity contribution in [1.82, 2.24) is 0 Å². The standard InChI is InChI=1S/C11H16O3/c1-2-9(12)4-3-8-5-10(13)7-11(14)6-8/h5-7,9,12-14H,2-4H2,1H3. The van der Waals surface area contributed by atoms with Crippen molar-refractivity contribution < 1.29 is 15.3 Å². The van der Waals surface area contributed by atoms with Crippen LogP contribution in [0, 0.1) is 0 Å². The highest BCUT2D eigenvalue weighted by Gasteiger charge is 2.03. The van der Waals surface area contributed by atoms with Gasteiger partial charge in [-0.05, 0) is 37.0 Å². The SMILES string of the molecule is CCC(O)CCc1cc(O)cc(O)c1. The summed E-state index contributed by atoms with van der Waals surface area (Å²) in [6, 6.07) is 4.49. The average Bonchev–Trinajstić information content (AvgIpc) is 2.12. The molecule has 0 heterocycles. The van der Waals surface area contributed by atoms with Gasteiger partial charge in [-0.1, -0.05) is 6.92 Å². The Bertz CT molecular complexity index is 276. The third kappa shape index (κ3) is 3.26. The highest BCUT2D eigenvalue weighted by molar-refractivity contribution is 5.36. The number of aliphatic hydroxyl groups is 1. The molecule has 0 aliphatic heterocycles. The molecule has 0 saturated carbocycles. The van der Waals surface area contributed by atoms with Gasteiger partial charge in [-0.3, -0.25) is 0 Å². The highest BCUT2D eigenvalue weighted by Crippen LogP contribution is 2.21. The molecule has 78 valence electrons. The maximum absolute atomic E-state index is 9.33. The molecule has 0 radical (unpaired) electrons. The summed E-state index contributed by atoms with van der Waals surface area (Å²) >= 11 is 0. The molecule has 0 aliphatic rings. The molecule has 1 aromatic carbocycles. The quantitative estimate of drug-likeness (QED) is 0.688. The van der Waals surface area contributed by atoms with Gasteiger partial charge >= 0.3 is 0 Å². The third-order valence-corrected chi connectivity index (χ3v) is 2.20. The van der Waals surface area contributed by atoms with E-state index in [1.807, 2.05) is 6.92 Å². The minimum absolute atomic E-state index is 0.0611. The van der Waals surface area contributed by atoms with Crippen molar-refractivity contribution in [2.24, 2.45) is 0 Å². The second-order valence-electron chi connectivity index (χ2n) is 3.46. The van der Waals surface area contributed by atoms with Crippen molar-refractivity contribution in [2.75, 3.05) is 0 Å². The molecule has 1 aromatic rings. The van der Waals surface area contributed by atoms with Gasteiger partial charge in [0.2, 0.25) is 0 Å². The molecule has 0 fully saturated rings. The molecule has 0 amide bonds. The summed E-state index contributed by atoms with van der Waals surface area (Å²) in [5, 5.41) is 27.7. The fourth-order valence-electron chi connectivity index (χ4n) is 1.34. The molecule has 3 N–H and O–H groups in total. The van der Waals surface area contributed by atoms with Crippen LogP contribution in [0.5, 0.6) is 11.5 Å². The molecule has 14 heavy (non-hydrogen) atoms. The molecule has 1 rings (SSSR count). The zero-order chi connectivity index (χ0) is 10.6. The Kier molecular flexibility index (Phi) is 3.77. The van der Waals surface area contributed by atoms with Crippen LogP contribution in [0.3, 0.4) is 0 Å². The van der Waals surface area contributed by atoms with E-state index in [1.165, 1.54) is 6.07 Å². The van der Waals surface area contributed by atoms with Crippen LogP contribution in [0.1, 0.15) is 25.3 Å². The molecule has 1 atom stereocenters. The summed E-state index contributed by atoms with van der Waals surface area (Å²) in [7, 11) is 0. The smallest absolute Gasteiger partial charge is 0.119 e. The number of aryl methyl sites for hydroxylation is 1. The molecule has 3 nitrogen and oxygen atoms in total. The van der Waals surface area contributed by atoms with Gasteiger partial charge in [-0.15, -0.1) is 0 Å². The number of aromatic hydroxyl groups is 2. The minimum Gasteiger partial charge on any atom is -0.508 e. The van der Waals surface area contributed by atoms with Crippen molar-refractivity contribution >= 4 is 0 Å². The summed E-state index contributed by atoms with van der Waals surface area (Å²) in [5.74, 6) is 0.122. The first-order chi connectivity index (χ1) is 6.61. The normalized spacial score (nSPS) is 12.7. The summed E-state index contributed by atoms with van der Waals surface area (Å²) in [5.41, 5.74) is 0.843. The van der Waals surface area contributed by atoms with Crippen LogP contribution in [0.25, 0.3) is 0 Å². The summed E-state index contributed by atoms with van der Waals surface area (Å²) in [6.45, 7) is 1.92. The molecule has 0 spiro atoms. The predicted molar refractivity (Wildman–Crippen MR) is 54.4 cm³/mol. The van der Waals surface area contributed by atoms with E-state index in [4.69, 9.17) is 0 Å². The maximum Gasteiger partial charge on any atom is 0.119 e. The summed E-state index contributed by atoms with van der Waals surface area (Å²) < 4.78 is 0. The van der Waals surface area contributed by atoms with E-state index in [9.17, 15) is 15.3 Å². The van der Waals surface area contributed by atoms with Gasteiger partial charge in [0.15, 0.2) is 0 Å². The number of aliphatic hydroxyl groups excluding tert-OH is 1. The fraction of sp³-hybridized carbons (Fsp3) is 0.455. The van der Waals surface area contributed by atoms with Gasteiger partial charge in [-0.25, -0.2) is 0 Å². The van der Waals surface area contributed by atoms with E-state index < -0.39 is 0 Å². The van der Waals surface area contributed by atoms with Crippen LogP contribution < -0.4 is 0 Å². The topological polar surface area (TPSA) is 60.7 Å². The zero-order valence-electron chi connectivity index (χ0n) is 8.27. The van der Waals surface area contributed by atoms with E-state index in [1.54, 1.807) is 12.1 Å². The Morgan fingerprint density at radius 2 is 1.71 bits per heavy atom. The lowest BCUT2D eigenvalue weighted by Gasteiger charge is -2.07. The van der Waals surface area contributed by atoms with Gasteiger partial charge < -0.3 is 15.3 Å². The van der Waals surface area contributed by atoms with Crippen molar-refractivity contribution in [1.29, 1.82) is 0 Å². The first-order valence-corrected chi connectivity index (χ1v) is 4.81. The second kappa shape index (κ2) is 4.86. The van der Waals surface area contributed by atoms with Crippen molar-refractivity contribution in [3.63, 3.8) is 0 Å². The Hall–Kier alpha value is -1.22. The Morgan fingerprint density at radius 1 is 1.14 bits per heavy atom. The summed E-state index contributed by atoms with van der Waals surface area (Å²) in [4.78, 5) is 0. The van der Waals surface area contributed by atoms with Crippen molar-refractivity contribution in [3.05, 3.63) is 23.8 Å². The van der Waals surface area contributed by atoms with E-state index in [2.05, 4.69) is 0 Å². The monoisotopic (exact) mass is 196 g/mol. The van der Waals surface area contributed by atoms with Crippen LogP contribution in [-0.2, 0) is 6.42 Å². The number of rotatable bonds is 4. The third-order valence-electron chi connectivity index (χ3n) is 2.20. The number of hydrogen-bond donors (Lipinski definition) is 3. The molecule has 0 aliphatic carbocycles. The van der Waals surface area contributed by atoms with Gasteiger partial charge in [0.1, 0.15) is 11.5 Å². The van der Waals surface area contributed by atoms with E-state index >= 15 is 0 Å². The van der Waals surface area contributed by atoms with Crippen molar-refractivity contribution in [2.45, 2.75) is 32.3 Å². The molecular weight excluding hydrogens is 180 g/mol. The average molecular weight is 196 g/mol. The minimum atomic E-state index is -0.306. The Balaban J connectivity index is 2.58. The first kappa shape index (κ1) is 10.9. The number of phenolic OH excluding ortho intramolecular Hbond substituents is 2. The van der Waals surface area contributed by atoms with E-state index in [0.29, 0.717) is 12.8 Å². The first-order valence-electron chi connectivity index (χ1n) is 4.81. The predicted octanol–water partition coefficient (Wildman–Crippen LogP) is 1.80. The lowest BCUT2D eigenvalue weighted by molar-refractivity contribution is 0.160. The lowest BCUT2D eigenvalue weighted by atomic mass is 10.1. The van der Waals surface area contributed by atoms with Crippen LogP contribution in [0.4, 0.5) is 0 Å². The summed E-state index contributed by atoms with van der Waals surface area (Å²) in [6.07, 6.45) is 1.74. The molecule has 0 saturated heterocycles. The molecule has 3 heteroatoms. The molecular formula is C11H16O3. The van der Waals surface area contributed by atoms with Crippen LogP contribution in [0.2, 0.25) is 0 Å². The maximum atomic E-state index is 9.33. The second-order valence-corrected chi connectivity index (χ2v) is 3.46. The van der Waals surface area contributed by atoms with Gasteiger partial charge in [-0.2, -0.15) is 0 Å². The molecule has 1 unspecified atom stereocenters. The van der Waals surface area contributed by atoms with Gasteiger partial charge in [0.25, 0.3) is 0 Å². The number of benzene rings is 1. The highest BCUT2D eigenvalue weighted by atomic mass is 16.3. The van der Waals surface area contributed by atoms with Gasteiger partial charge in [0.05, 0.1) is 6.10 Å². The Morgan fingerprint density at radius 3 is 2.21 bits per heavy atom. The van der Waals surface area contributed by atoms with Crippen LogP contribution in [-0.4, -0.2) is 21.4 Å². The number of hydrogen-bond acceptors (Lipinski definition) is 3. The Labute approximate surface area is 83.6 Å². The fourth-order valence-corrected chi connectivity index (χ4v) is 1.34. The van der Waals surface area contributed by atoms with E-state index in [-0.39, 0.29) is 17.6 Å². The number of phenols is 2. The largest absolute Gasteiger partial charge is 0.508 e. The van der Waals surface area contributed by atoms with Crippen LogP contribution >= 0.6 is 0 Å².